The molecule has 2 saturated heterocycles. The molecule has 3 amide bonds. The lowest BCUT2D eigenvalue weighted by molar-refractivity contribution is -0.121. The van der Waals surface area contributed by atoms with Gasteiger partial charge in [0.15, 0.2) is 0 Å². The molecular weight excluding hydrogens is 392 g/mol. The third-order valence-electron chi connectivity index (χ3n) is 6.98. The summed E-state index contributed by atoms with van der Waals surface area (Å²) in [5.74, 6) is -0.106. The Hall–Kier alpha value is -2.41. The van der Waals surface area contributed by atoms with Gasteiger partial charge in [-0.3, -0.25) is 19.3 Å². The van der Waals surface area contributed by atoms with Crippen molar-refractivity contribution in [2.24, 2.45) is 0 Å². The molecule has 1 unspecified atom stereocenters. The summed E-state index contributed by atoms with van der Waals surface area (Å²) in [6.45, 7) is 6.27. The Morgan fingerprint density at radius 3 is 2.58 bits per heavy atom. The lowest BCUT2D eigenvalue weighted by Crippen LogP contribution is -2.62. The van der Waals surface area contributed by atoms with E-state index >= 15 is 0 Å². The van der Waals surface area contributed by atoms with Crippen LogP contribution in [-0.4, -0.2) is 65.9 Å². The number of likely N-dealkylation sites (tertiary alicyclic amines) is 1. The van der Waals surface area contributed by atoms with E-state index < -0.39 is 5.66 Å². The summed E-state index contributed by atoms with van der Waals surface area (Å²) >= 11 is 0. The Labute approximate surface area is 184 Å². The quantitative estimate of drug-likeness (QED) is 0.681. The number of rotatable bonds is 7. The topological polar surface area (TPSA) is 73.0 Å². The summed E-state index contributed by atoms with van der Waals surface area (Å²) in [6.07, 6.45) is 7.40. The minimum absolute atomic E-state index is 0.0328. The highest BCUT2D eigenvalue weighted by molar-refractivity contribution is 6.10. The van der Waals surface area contributed by atoms with Crippen LogP contribution in [0.4, 0.5) is 5.69 Å². The van der Waals surface area contributed by atoms with Gasteiger partial charge in [-0.25, -0.2) is 0 Å². The Morgan fingerprint density at radius 2 is 1.81 bits per heavy atom. The van der Waals surface area contributed by atoms with Crippen molar-refractivity contribution < 1.29 is 14.4 Å². The van der Waals surface area contributed by atoms with Gasteiger partial charge in [0, 0.05) is 25.9 Å². The first-order valence-electron chi connectivity index (χ1n) is 11.7. The zero-order chi connectivity index (χ0) is 21.8. The van der Waals surface area contributed by atoms with Crippen LogP contribution in [0.1, 0.15) is 68.6 Å². The molecule has 168 valence electrons. The highest BCUT2D eigenvalue weighted by Crippen LogP contribution is 2.43. The lowest BCUT2D eigenvalue weighted by Gasteiger charge is -2.48. The van der Waals surface area contributed by atoms with Crippen molar-refractivity contribution in [3.63, 3.8) is 0 Å². The molecule has 1 atom stereocenters. The van der Waals surface area contributed by atoms with Gasteiger partial charge in [-0.2, -0.15) is 0 Å². The maximum atomic E-state index is 13.2. The standard InChI is InChI=1S/C24H34N4O3/c1-24-13-11-22(30)28(24)20-10-5-4-9-19(20)23(31)27(24)18-12-21(29)25-14-8-17-26-15-6-2-3-7-16-26/h4-5,9-10H,2-3,6-8,11-18H2,1H3,(H,25,29). The second-order valence-electron chi connectivity index (χ2n) is 9.13. The number of carbonyl (C=O) groups is 3. The van der Waals surface area contributed by atoms with E-state index in [0.29, 0.717) is 37.2 Å². The lowest BCUT2D eigenvalue weighted by atomic mass is 9.98. The van der Waals surface area contributed by atoms with Crippen LogP contribution in [0.15, 0.2) is 24.3 Å². The zero-order valence-electron chi connectivity index (χ0n) is 18.6. The first-order valence-corrected chi connectivity index (χ1v) is 11.7. The van der Waals surface area contributed by atoms with Gasteiger partial charge in [0.05, 0.1) is 11.3 Å². The summed E-state index contributed by atoms with van der Waals surface area (Å²) in [7, 11) is 0. The van der Waals surface area contributed by atoms with E-state index in [1.54, 1.807) is 15.9 Å². The van der Waals surface area contributed by atoms with Crippen LogP contribution in [0.5, 0.6) is 0 Å². The van der Waals surface area contributed by atoms with Gasteiger partial charge in [-0.1, -0.05) is 25.0 Å². The number of para-hydroxylation sites is 1. The number of hydrogen-bond acceptors (Lipinski definition) is 4. The van der Waals surface area contributed by atoms with Gasteiger partial charge in [0.25, 0.3) is 5.91 Å². The van der Waals surface area contributed by atoms with Crippen LogP contribution < -0.4 is 10.2 Å². The highest BCUT2D eigenvalue weighted by atomic mass is 16.2. The second kappa shape index (κ2) is 9.39. The van der Waals surface area contributed by atoms with Gasteiger partial charge in [0.1, 0.15) is 5.66 Å². The SMILES string of the molecule is CC12CCC(=O)N1c1ccccc1C(=O)N2CCC(=O)NCCCN1CCCCCC1. The van der Waals surface area contributed by atoms with E-state index in [2.05, 4.69) is 10.2 Å². The van der Waals surface area contributed by atoms with Crippen LogP contribution in [0, 0.1) is 0 Å². The Morgan fingerprint density at radius 1 is 1.06 bits per heavy atom. The number of nitrogens with one attached hydrogen (secondary N) is 1. The third-order valence-corrected chi connectivity index (χ3v) is 6.98. The predicted molar refractivity (Wildman–Crippen MR) is 120 cm³/mol. The average molecular weight is 427 g/mol. The molecule has 0 spiro atoms. The van der Waals surface area contributed by atoms with Gasteiger partial charge in [-0.05, 0) is 64.4 Å². The summed E-state index contributed by atoms with van der Waals surface area (Å²) in [5, 5.41) is 3.01. The number of amides is 3. The first-order chi connectivity index (χ1) is 15.0. The number of hydrogen-bond donors (Lipinski definition) is 1. The van der Waals surface area contributed by atoms with Crippen molar-refractivity contribution >= 4 is 23.4 Å². The van der Waals surface area contributed by atoms with Gasteiger partial charge in [0.2, 0.25) is 11.8 Å². The molecule has 0 saturated carbocycles. The van der Waals surface area contributed by atoms with Gasteiger partial charge >= 0.3 is 0 Å². The van der Waals surface area contributed by atoms with Crippen LogP contribution in [0.2, 0.25) is 0 Å². The van der Waals surface area contributed by atoms with Crippen LogP contribution in [0.3, 0.4) is 0 Å². The first kappa shape index (κ1) is 21.8. The normalized spacial score (nSPS) is 24.0. The van der Waals surface area contributed by atoms with Crippen LogP contribution >= 0.6 is 0 Å². The monoisotopic (exact) mass is 426 g/mol. The molecule has 3 aliphatic rings. The second-order valence-corrected chi connectivity index (χ2v) is 9.13. The summed E-state index contributed by atoms with van der Waals surface area (Å²) < 4.78 is 0. The molecule has 1 N–H and O–H groups in total. The molecule has 4 rings (SSSR count). The molecule has 2 fully saturated rings. The molecule has 1 aromatic carbocycles. The Bertz CT molecular complexity index is 834. The van der Waals surface area contributed by atoms with E-state index in [9.17, 15) is 14.4 Å². The largest absolute Gasteiger partial charge is 0.356 e. The fraction of sp³-hybridized carbons (Fsp3) is 0.625. The van der Waals surface area contributed by atoms with Crippen molar-refractivity contribution in [1.82, 2.24) is 15.1 Å². The molecule has 31 heavy (non-hydrogen) atoms. The van der Waals surface area contributed by atoms with E-state index in [1.807, 2.05) is 25.1 Å². The zero-order valence-corrected chi connectivity index (χ0v) is 18.6. The maximum Gasteiger partial charge on any atom is 0.257 e. The van der Waals surface area contributed by atoms with E-state index in [0.717, 1.165) is 13.0 Å². The fourth-order valence-corrected chi connectivity index (χ4v) is 5.23. The predicted octanol–water partition coefficient (Wildman–Crippen LogP) is 2.76. The molecule has 0 radical (unpaired) electrons. The highest BCUT2D eigenvalue weighted by Gasteiger charge is 2.52. The molecule has 0 bridgehead atoms. The molecule has 3 aliphatic heterocycles. The average Bonchev–Trinajstić information content (AvgIpc) is 2.93. The smallest absolute Gasteiger partial charge is 0.257 e. The number of nitrogens with zero attached hydrogens (tertiary/aromatic N) is 3. The molecule has 1 aromatic rings. The number of anilines is 1. The third kappa shape index (κ3) is 4.47. The number of fused-ring (bicyclic) bond motifs is 3. The van der Waals surface area contributed by atoms with Gasteiger partial charge in [-0.15, -0.1) is 0 Å². The molecule has 7 nitrogen and oxygen atoms in total. The summed E-state index contributed by atoms with van der Waals surface area (Å²) in [5.41, 5.74) is 0.523. The Kier molecular flexibility index (Phi) is 6.60. The van der Waals surface area contributed by atoms with Crippen molar-refractivity contribution in [3.8, 4) is 0 Å². The summed E-state index contributed by atoms with van der Waals surface area (Å²) in [4.78, 5) is 44.2. The number of benzene rings is 1. The van der Waals surface area contributed by atoms with Crippen LogP contribution in [0.25, 0.3) is 0 Å². The minimum atomic E-state index is -0.699. The van der Waals surface area contributed by atoms with Crippen molar-refractivity contribution in [1.29, 1.82) is 0 Å². The van der Waals surface area contributed by atoms with Crippen molar-refractivity contribution in [3.05, 3.63) is 29.8 Å². The van der Waals surface area contributed by atoms with Crippen molar-refractivity contribution in [2.45, 2.75) is 64.0 Å². The number of carbonyl (C=O) groups excluding carboxylic acids is 3. The van der Waals surface area contributed by atoms with E-state index in [-0.39, 0.29) is 24.1 Å². The van der Waals surface area contributed by atoms with Crippen molar-refractivity contribution in [2.75, 3.05) is 37.6 Å². The van der Waals surface area contributed by atoms with E-state index in [4.69, 9.17) is 0 Å². The van der Waals surface area contributed by atoms with Gasteiger partial charge < -0.3 is 15.1 Å². The Balaban J connectivity index is 1.31. The molecule has 7 heteroatoms. The molecule has 0 aromatic heterocycles. The van der Waals surface area contributed by atoms with E-state index in [1.165, 1.54) is 38.8 Å². The fourth-order valence-electron chi connectivity index (χ4n) is 5.23. The minimum Gasteiger partial charge on any atom is -0.356 e. The van der Waals surface area contributed by atoms with Crippen LogP contribution in [-0.2, 0) is 9.59 Å². The maximum absolute atomic E-state index is 13.2. The molecule has 0 aliphatic carbocycles. The molecular formula is C24H34N4O3. The molecule has 3 heterocycles. The summed E-state index contributed by atoms with van der Waals surface area (Å²) in [6, 6.07) is 7.27.